The van der Waals surface area contributed by atoms with Gasteiger partial charge in [0.15, 0.2) is 0 Å². The number of nitrogens with zero attached hydrogens (tertiary/aromatic N) is 1. The zero-order valence-electron chi connectivity index (χ0n) is 15.6. The third-order valence-electron chi connectivity index (χ3n) is 4.49. The van der Waals surface area contributed by atoms with Crippen LogP contribution in [0.4, 0.5) is 5.69 Å². The average molecular weight is 427 g/mol. The minimum Gasteiger partial charge on any atom is -0.497 e. The molecule has 3 rings (SSSR count). The zero-order valence-corrected chi connectivity index (χ0v) is 17.2. The monoisotopic (exact) mass is 426 g/mol. The van der Waals surface area contributed by atoms with E-state index in [1.54, 1.807) is 18.2 Å². The van der Waals surface area contributed by atoms with Gasteiger partial charge in [-0.2, -0.15) is 0 Å². The Balaban J connectivity index is 1.72. The Morgan fingerprint density at radius 3 is 2.50 bits per heavy atom. The number of hydrogen-bond donors (Lipinski definition) is 1. The third-order valence-corrected chi connectivity index (χ3v) is 7.75. The minimum absolute atomic E-state index is 0.113. The van der Waals surface area contributed by atoms with Crippen LogP contribution >= 0.6 is 0 Å². The van der Waals surface area contributed by atoms with Crippen molar-refractivity contribution in [2.24, 2.45) is 0 Å². The molecule has 1 aliphatic rings. The summed E-state index contributed by atoms with van der Waals surface area (Å²) in [6.45, 7) is 0.0990. The lowest BCUT2D eigenvalue weighted by Gasteiger charge is -2.19. The Hall–Kier alpha value is -2.30. The number of hydrogen-bond acceptors (Lipinski definition) is 6. The minimum atomic E-state index is -3.98. The summed E-state index contributed by atoms with van der Waals surface area (Å²) in [4.78, 5) is -0.113. The van der Waals surface area contributed by atoms with Crippen molar-refractivity contribution in [1.29, 1.82) is 0 Å². The van der Waals surface area contributed by atoms with Crippen LogP contribution in [0.15, 0.2) is 47.4 Å². The number of rotatable bonds is 8. The molecule has 0 bridgehead atoms. The van der Waals surface area contributed by atoms with E-state index in [2.05, 4.69) is 4.72 Å². The van der Waals surface area contributed by atoms with Gasteiger partial charge in [0.05, 0.1) is 25.7 Å². The second-order valence-electron chi connectivity index (χ2n) is 6.18. The van der Waals surface area contributed by atoms with E-state index in [0.717, 1.165) is 5.56 Å². The molecule has 0 atom stereocenters. The lowest BCUT2D eigenvalue weighted by Crippen LogP contribution is -2.37. The number of sulfonamides is 2. The summed E-state index contributed by atoms with van der Waals surface area (Å²) in [6.07, 6.45) is 0.641. The first-order chi connectivity index (χ1) is 13.3. The Morgan fingerprint density at radius 2 is 1.79 bits per heavy atom. The number of benzene rings is 2. The lowest BCUT2D eigenvalue weighted by molar-refractivity contribution is 0.392. The van der Waals surface area contributed by atoms with Crippen LogP contribution in [0, 0.1) is 0 Å². The lowest BCUT2D eigenvalue weighted by atomic mass is 10.2. The predicted octanol–water partition coefficient (Wildman–Crippen LogP) is 1.37. The highest BCUT2D eigenvalue weighted by atomic mass is 32.2. The summed E-state index contributed by atoms with van der Waals surface area (Å²) in [5.41, 5.74) is 1.62. The van der Waals surface area contributed by atoms with Gasteiger partial charge in [0.25, 0.3) is 0 Å². The molecule has 0 fully saturated rings. The van der Waals surface area contributed by atoms with Crippen molar-refractivity contribution >= 4 is 25.7 Å². The molecule has 0 amide bonds. The first-order valence-corrected chi connectivity index (χ1v) is 11.7. The van der Waals surface area contributed by atoms with Gasteiger partial charge < -0.3 is 9.47 Å². The molecular formula is C18H22N2O6S2. The van der Waals surface area contributed by atoms with Crippen molar-refractivity contribution in [1.82, 2.24) is 4.72 Å². The summed E-state index contributed by atoms with van der Waals surface area (Å²) in [6, 6.07) is 11.7. The van der Waals surface area contributed by atoms with E-state index in [9.17, 15) is 16.8 Å². The van der Waals surface area contributed by atoms with Gasteiger partial charge in [0, 0.05) is 19.2 Å². The Bertz CT molecular complexity index is 1070. The molecule has 2 aromatic carbocycles. The maximum absolute atomic E-state index is 12.7. The van der Waals surface area contributed by atoms with E-state index < -0.39 is 20.0 Å². The molecule has 1 heterocycles. The standard InChI is InChI=1S/C18H22N2O6S2/c1-25-15-7-8-17(26-2)18(13-15)28(23,24)19-10-12-27(21,22)20-11-9-14-5-3-4-6-16(14)20/h3-8,13,19H,9-12H2,1-2H3. The van der Waals surface area contributed by atoms with E-state index in [4.69, 9.17) is 9.47 Å². The van der Waals surface area contributed by atoms with Crippen molar-refractivity contribution in [2.45, 2.75) is 11.3 Å². The highest BCUT2D eigenvalue weighted by molar-refractivity contribution is 7.93. The van der Waals surface area contributed by atoms with Gasteiger partial charge in [0.2, 0.25) is 20.0 Å². The van der Waals surface area contributed by atoms with E-state index >= 15 is 0 Å². The number of anilines is 1. The van der Waals surface area contributed by atoms with Crippen LogP contribution in [0.2, 0.25) is 0 Å². The van der Waals surface area contributed by atoms with E-state index in [-0.39, 0.29) is 22.9 Å². The molecule has 0 saturated carbocycles. The SMILES string of the molecule is COc1ccc(OC)c(S(=O)(=O)NCCS(=O)(=O)N2CCc3ccccc32)c1. The molecule has 0 unspecified atom stereocenters. The molecule has 1 aliphatic heterocycles. The second kappa shape index (κ2) is 7.98. The summed E-state index contributed by atoms with van der Waals surface area (Å²) in [7, 11) is -4.86. The summed E-state index contributed by atoms with van der Waals surface area (Å²) < 4.78 is 64.5. The van der Waals surface area contributed by atoms with Crippen LogP contribution in [0.25, 0.3) is 0 Å². The van der Waals surface area contributed by atoms with Crippen LogP contribution in [-0.2, 0) is 26.5 Å². The quantitative estimate of drug-likeness (QED) is 0.684. The number of nitrogens with one attached hydrogen (secondary N) is 1. The molecule has 152 valence electrons. The van der Waals surface area contributed by atoms with E-state index in [0.29, 0.717) is 24.4 Å². The highest BCUT2D eigenvalue weighted by Gasteiger charge is 2.29. The third kappa shape index (κ3) is 4.08. The Labute approximate surface area is 165 Å². The number of ether oxygens (including phenoxy) is 2. The Kier molecular flexibility index (Phi) is 5.82. The van der Waals surface area contributed by atoms with Gasteiger partial charge >= 0.3 is 0 Å². The molecule has 8 nitrogen and oxygen atoms in total. The van der Waals surface area contributed by atoms with Gasteiger partial charge in [-0.15, -0.1) is 0 Å². The molecule has 0 aromatic heterocycles. The molecule has 0 aliphatic carbocycles. The highest BCUT2D eigenvalue weighted by Crippen LogP contribution is 2.30. The zero-order chi connectivity index (χ0) is 20.4. The van der Waals surface area contributed by atoms with Crippen molar-refractivity contribution in [2.75, 3.05) is 37.4 Å². The van der Waals surface area contributed by atoms with Gasteiger partial charge in [-0.3, -0.25) is 4.31 Å². The van der Waals surface area contributed by atoms with Crippen LogP contribution in [0.1, 0.15) is 5.56 Å². The maximum Gasteiger partial charge on any atom is 0.244 e. The Morgan fingerprint density at radius 1 is 1.04 bits per heavy atom. The van der Waals surface area contributed by atoms with E-state index in [1.807, 2.05) is 12.1 Å². The largest absolute Gasteiger partial charge is 0.497 e. The number of para-hydroxylation sites is 1. The first-order valence-electron chi connectivity index (χ1n) is 8.58. The van der Waals surface area contributed by atoms with Gasteiger partial charge in [0.1, 0.15) is 16.4 Å². The van der Waals surface area contributed by atoms with Crippen molar-refractivity contribution < 1.29 is 26.3 Å². The molecule has 0 spiro atoms. The molecule has 10 heteroatoms. The van der Waals surface area contributed by atoms with Crippen molar-refractivity contribution in [3.8, 4) is 11.5 Å². The topological polar surface area (TPSA) is 102 Å². The second-order valence-corrected chi connectivity index (χ2v) is 9.93. The maximum atomic E-state index is 12.7. The number of fused-ring (bicyclic) bond motifs is 1. The molecular weight excluding hydrogens is 404 g/mol. The fraction of sp³-hybridized carbons (Fsp3) is 0.333. The molecule has 1 N–H and O–H groups in total. The van der Waals surface area contributed by atoms with Crippen molar-refractivity contribution in [3.63, 3.8) is 0 Å². The van der Waals surface area contributed by atoms with Gasteiger partial charge in [-0.05, 0) is 30.2 Å². The summed E-state index contributed by atoms with van der Waals surface area (Å²) in [5, 5.41) is 0. The molecule has 2 aromatic rings. The van der Waals surface area contributed by atoms with E-state index in [1.165, 1.54) is 30.7 Å². The van der Waals surface area contributed by atoms with Gasteiger partial charge in [-0.25, -0.2) is 21.6 Å². The normalized spacial score (nSPS) is 14.0. The fourth-order valence-corrected chi connectivity index (χ4v) is 5.85. The van der Waals surface area contributed by atoms with Crippen LogP contribution in [0.5, 0.6) is 11.5 Å². The summed E-state index contributed by atoms with van der Waals surface area (Å²) >= 11 is 0. The smallest absolute Gasteiger partial charge is 0.244 e. The fourth-order valence-electron chi connectivity index (χ4n) is 3.08. The van der Waals surface area contributed by atoms with Crippen molar-refractivity contribution in [3.05, 3.63) is 48.0 Å². The van der Waals surface area contributed by atoms with Crippen LogP contribution in [0.3, 0.4) is 0 Å². The average Bonchev–Trinajstić information content (AvgIpc) is 3.12. The number of methoxy groups -OCH3 is 2. The van der Waals surface area contributed by atoms with Crippen LogP contribution in [-0.4, -0.2) is 49.9 Å². The first kappa shape index (κ1) is 20.4. The molecule has 28 heavy (non-hydrogen) atoms. The molecule has 0 radical (unpaired) electrons. The van der Waals surface area contributed by atoms with Crippen LogP contribution < -0.4 is 18.5 Å². The molecule has 0 saturated heterocycles. The predicted molar refractivity (Wildman–Crippen MR) is 106 cm³/mol. The van der Waals surface area contributed by atoms with Gasteiger partial charge in [-0.1, -0.05) is 18.2 Å². The summed E-state index contributed by atoms with van der Waals surface area (Å²) in [5.74, 6) is 0.138.